The zero-order chi connectivity index (χ0) is 14.0. The number of benzene rings is 2. The molecule has 1 aliphatic heterocycles. The van der Waals surface area contributed by atoms with E-state index in [1.54, 1.807) is 30.3 Å². The molecule has 2 N–H and O–H groups in total. The molecule has 0 atom stereocenters. The highest BCUT2D eigenvalue weighted by Crippen LogP contribution is 2.21. The first-order valence-corrected chi connectivity index (χ1v) is 8.04. The van der Waals surface area contributed by atoms with E-state index < -0.39 is 10.0 Å². The van der Waals surface area contributed by atoms with Crippen molar-refractivity contribution in [2.24, 2.45) is 0 Å². The molecule has 0 bridgehead atoms. The van der Waals surface area contributed by atoms with Crippen molar-refractivity contribution in [3.8, 4) is 0 Å². The first-order valence-electron chi connectivity index (χ1n) is 6.55. The summed E-state index contributed by atoms with van der Waals surface area (Å²) in [5.41, 5.74) is 3.05. The van der Waals surface area contributed by atoms with Crippen LogP contribution in [-0.4, -0.2) is 15.0 Å². The Kier molecular flexibility index (Phi) is 4.88. The van der Waals surface area contributed by atoms with Gasteiger partial charge in [-0.15, -0.1) is 12.4 Å². The molecule has 0 aromatic heterocycles. The van der Waals surface area contributed by atoms with Gasteiger partial charge in [-0.2, -0.15) is 0 Å². The number of nitrogens with one attached hydrogen (secondary N) is 2. The summed E-state index contributed by atoms with van der Waals surface area (Å²) in [4.78, 5) is 0.274. The van der Waals surface area contributed by atoms with Crippen molar-refractivity contribution in [1.29, 1.82) is 0 Å². The Labute approximate surface area is 131 Å². The highest BCUT2D eigenvalue weighted by atomic mass is 35.5. The minimum Gasteiger partial charge on any atom is -0.312 e. The van der Waals surface area contributed by atoms with Crippen LogP contribution >= 0.6 is 12.4 Å². The molecule has 0 saturated carbocycles. The van der Waals surface area contributed by atoms with Gasteiger partial charge in [-0.25, -0.2) is 8.42 Å². The Hall–Kier alpha value is -1.56. The van der Waals surface area contributed by atoms with Crippen molar-refractivity contribution >= 4 is 28.1 Å². The second-order valence-electron chi connectivity index (χ2n) is 4.83. The van der Waals surface area contributed by atoms with E-state index in [1.807, 2.05) is 18.2 Å². The lowest BCUT2D eigenvalue weighted by Gasteiger charge is -2.18. The number of halogens is 1. The Morgan fingerprint density at radius 3 is 2.52 bits per heavy atom. The first-order chi connectivity index (χ1) is 9.65. The number of hydrogen-bond donors (Lipinski definition) is 2. The van der Waals surface area contributed by atoms with Gasteiger partial charge in [0.2, 0.25) is 0 Å². The summed E-state index contributed by atoms with van der Waals surface area (Å²) in [6.45, 7) is 1.76. The number of anilines is 1. The Bertz CT molecular complexity index is 718. The van der Waals surface area contributed by atoms with Crippen molar-refractivity contribution < 1.29 is 8.42 Å². The Balaban J connectivity index is 0.00000161. The summed E-state index contributed by atoms with van der Waals surface area (Å²) in [7, 11) is -3.51. The Morgan fingerprint density at radius 1 is 1.00 bits per heavy atom. The SMILES string of the molecule is Cl.O=S(=O)(Nc1ccc2c(c1)CNCC2)c1ccccc1. The van der Waals surface area contributed by atoms with Crippen LogP contribution in [0.2, 0.25) is 0 Å². The molecule has 2 aromatic rings. The molecule has 0 amide bonds. The molecule has 1 heterocycles. The number of fused-ring (bicyclic) bond motifs is 1. The summed E-state index contributed by atoms with van der Waals surface area (Å²) in [5.74, 6) is 0. The van der Waals surface area contributed by atoms with Gasteiger partial charge in [0, 0.05) is 12.2 Å². The van der Waals surface area contributed by atoms with Gasteiger partial charge < -0.3 is 5.32 Å². The highest BCUT2D eigenvalue weighted by molar-refractivity contribution is 7.92. The molecule has 112 valence electrons. The van der Waals surface area contributed by atoms with E-state index in [0.29, 0.717) is 5.69 Å². The zero-order valence-corrected chi connectivity index (χ0v) is 13.0. The van der Waals surface area contributed by atoms with E-state index >= 15 is 0 Å². The molecule has 0 fully saturated rings. The summed E-state index contributed by atoms with van der Waals surface area (Å²) < 4.78 is 27.1. The molecular formula is C15H17ClN2O2S. The predicted octanol–water partition coefficient (Wildman–Crippen LogP) is 2.55. The normalized spacial score (nSPS) is 13.9. The third kappa shape index (κ3) is 3.56. The average Bonchev–Trinajstić information content (AvgIpc) is 2.48. The molecule has 3 rings (SSSR count). The molecular weight excluding hydrogens is 308 g/mol. The van der Waals surface area contributed by atoms with Gasteiger partial charge in [0.15, 0.2) is 0 Å². The number of hydrogen-bond acceptors (Lipinski definition) is 3. The maximum Gasteiger partial charge on any atom is 0.261 e. The van der Waals surface area contributed by atoms with Crippen LogP contribution < -0.4 is 10.0 Å². The maximum atomic E-state index is 12.2. The Morgan fingerprint density at radius 2 is 1.76 bits per heavy atom. The van der Waals surface area contributed by atoms with Gasteiger partial charge in [-0.1, -0.05) is 24.3 Å². The minimum atomic E-state index is -3.51. The highest BCUT2D eigenvalue weighted by Gasteiger charge is 2.15. The second-order valence-corrected chi connectivity index (χ2v) is 6.51. The van der Waals surface area contributed by atoms with Gasteiger partial charge >= 0.3 is 0 Å². The van der Waals surface area contributed by atoms with Crippen LogP contribution in [0.5, 0.6) is 0 Å². The number of sulfonamides is 1. The van der Waals surface area contributed by atoms with Gasteiger partial charge in [0.1, 0.15) is 0 Å². The van der Waals surface area contributed by atoms with Crippen molar-refractivity contribution in [3.05, 3.63) is 59.7 Å². The zero-order valence-electron chi connectivity index (χ0n) is 11.4. The molecule has 6 heteroatoms. The summed E-state index contributed by atoms with van der Waals surface area (Å²) >= 11 is 0. The average molecular weight is 325 g/mol. The topological polar surface area (TPSA) is 58.2 Å². The lowest BCUT2D eigenvalue weighted by atomic mass is 10.0. The first kappa shape index (κ1) is 15.8. The van der Waals surface area contributed by atoms with Crippen molar-refractivity contribution in [1.82, 2.24) is 5.32 Å². The van der Waals surface area contributed by atoms with E-state index in [2.05, 4.69) is 10.0 Å². The second kappa shape index (κ2) is 6.47. The molecule has 21 heavy (non-hydrogen) atoms. The molecule has 0 aliphatic carbocycles. The van der Waals surface area contributed by atoms with E-state index in [9.17, 15) is 8.42 Å². The smallest absolute Gasteiger partial charge is 0.261 e. The van der Waals surface area contributed by atoms with Crippen LogP contribution in [0.15, 0.2) is 53.4 Å². The maximum absolute atomic E-state index is 12.2. The van der Waals surface area contributed by atoms with E-state index in [1.165, 1.54) is 5.56 Å². The van der Waals surface area contributed by atoms with Crippen molar-refractivity contribution in [2.45, 2.75) is 17.9 Å². The number of rotatable bonds is 3. The molecule has 0 spiro atoms. The van der Waals surface area contributed by atoms with E-state index in [4.69, 9.17) is 0 Å². The van der Waals surface area contributed by atoms with Crippen molar-refractivity contribution in [3.63, 3.8) is 0 Å². The van der Waals surface area contributed by atoms with Crippen LogP contribution in [-0.2, 0) is 23.0 Å². The van der Waals surface area contributed by atoms with Gasteiger partial charge in [0.25, 0.3) is 10.0 Å². The van der Waals surface area contributed by atoms with Crippen molar-refractivity contribution in [2.75, 3.05) is 11.3 Å². The summed E-state index contributed by atoms with van der Waals surface area (Å²) in [6, 6.07) is 14.1. The van der Waals surface area contributed by atoms with Crippen LogP contribution in [0.4, 0.5) is 5.69 Å². The standard InChI is InChI=1S/C15H16N2O2S.ClH/c18-20(19,15-4-2-1-3-5-15)17-14-7-6-12-8-9-16-11-13(12)10-14;/h1-7,10,16-17H,8-9,11H2;1H. The molecule has 1 aliphatic rings. The molecule has 4 nitrogen and oxygen atoms in total. The predicted molar refractivity (Wildman–Crippen MR) is 86.4 cm³/mol. The molecule has 0 unspecified atom stereocenters. The monoisotopic (exact) mass is 324 g/mol. The largest absolute Gasteiger partial charge is 0.312 e. The molecule has 0 radical (unpaired) electrons. The third-order valence-electron chi connectivity index (χ3n) is 3.40. The lowest BCUT2D eigenvalue weighted by Crippen LogP contribution is -2.23. The van der Waals surface area contributed by atoms with Crippen LogP contribution in [0, 0.1) is 0 Å². The molecule has 2 aromatic carbocycles. The minimum absolute atomic E-state index is 0. The van der Waals surface area contributed by atoms with Crippen LogP contribution in [0.3, 0.4) is 0 Å². The van der Waals surface area contributed by atoms with Crippen LogP contribution in [0.1, 0.15) is 11.1 Å². The fourth-order valence-electron chi connectivity index (χ4n) is 2.36. The molecule has 0 saturated heterocycles. The van der Waals surface area contributed by atoms with Gasteiger partial charge in [-0.3, -0.25) is 4.72 Å². The van der Waals surface area contributed by atoms with E-state index in [-0.39, 0.29) is 17.3 Å². The quantitative estimate of drug-likeness (QED) is 0.912. The summed E-state index contributed by atoms with van der Waals surface area (Å²) in [6.07, 6.45) is 0.987. The van der Waals surface area contributed by atoms with Gasteiger partial charge in [0.05, 0.1) is 4.90 Å². The fourth-order valence-corrected chi connectivity index (χ4v) is 3.43. The summed E-state index contributed by atoms with van der Waals surface area (Å²) in [5, 5.41) is 3.29. The van der Waals surface area contributed by atoms with Gasteiger partial charge in [-0.05, 0) is 48.4 Å². The van der Waals surface area contributed by atoms with Crippen LogP contribution in [0.25, 0.3) is 0 Å². The third-order valence-corrected chi connectivity index (χ3v) is 4.80. The van der Waals surface area contributed by atoms with E-state index in [0.717, 1.165) is 25.1 Å². The lowest BCUT2D eigenvalue weighted by molar-refractivity contribution is 0.601. The fraction of sp³-hybridized carbons (Fsp3) is 0.200.